The van der Waals surface area contributed by atoms with E-state index < -0.39 is 5.97 Å². The van der Waals surface area contributed by atoms with Crippen LogP contribution in [0.25, 0.3) is 0 Å². The Morgan fingerprint density at radius 1 is 1.32 bits per heavy atom. The average Bonchev–Trinajstić information content (AvgIpc) is 2.38. The molecule has 1 aromatic carbocycles. The third kappa shape index (κ3) is 3.47. The summed E-state index contributed by atoms with van der Waals surface area (Å²) >= 11 is 0. The van der Waals surface area contributed by atoms with Crippen LogP contribution in [0.5, 0.6) is 0 Å². The highest BCUT2D eigenvalue weighted by Crippen LogP contribution is 2.20. The Kier molecular flexibility index (Phi) is 4.04. The minimum absolute atomic E-state index is 0.00641. The summed E-state index contributed by atoms with van der Waals surface area (Å²) in [7, 11) is 0. The molecule has 0 aromatic heterocycles. The summed E-state index contributed by atoms with van der Waals surface area (Å²) in [6.07, 6.45) is 2.01. The van der Waals surface area contributed by atoms with Crippen molar-refractivity contribution >= 4 is 17.6 Å². The number of anilines is 1. The molecule has 102 valence electrons. The number of aromatic carboxylic acids is 1. The Bertz CT molecular complexity index is 470. The summed E-state index contributed by atoms with van der Waals surface area (Å²) in [4.78, 5) is 24.1. The summed E-state index contributed by atoms with van der Waals surface area (Å²) in [5.74, 6) is -0.922. The van der Waals surface area contributed by atoms with Gasteiger partial charge in [0.1, 0.15) is 0 Å². The molecule has 5 heteroatoms. The zero-order chi connectivity index (χ0) is 13.8. The molecule has 1 saturated heterocycles. The number of carbonyl (C=O) groups is 2. The summed E-state index contributed by atoms with van der Waals surface area (Å²) in [5, 5.41) is 11.8. The van der Waals surface area contributed by atoms with Crippen LogP contribution in [-0.2, 0) is 4.79 Å². The Morgan fingerprint density at radius 2 is 2.00 bits per heavy atom. The normalized spacial score (nSPS) is 19.0. The number of carbonyl (C=O) groups excluding carboxylic acids is 1. The molecular weight excluding hydrogens is 244 g/mol. The molecule has 1 aliphatic rings. The van der Waals surface area contributed by atoms with Crippen molar-refractivity contribution in [2.45, 2.75) is 25.8 Å². The number of hydrogen-bond acceptors (Lipinski definition) is 3. The van der Waals surface area contributed by atoms with Crippen molar-refractivity contribution in [1.82, 2.24) is 5.32 Å². The monoisotopic (exact) mass is 262 g/mol. The third-order valence-corrected chi connectivity index (χ3v) is 3.31. The van der Waals surface area contributed by atoms with E-state index in [2.05, 4.69) is 10.2 Å². The lowest BCUT2D eigenvalue weighted by Gasteiger charge is -2.34. The van der Waals surface area contributed by atoms with E-state index in [9.17, 15) is 9.59 Å². The predicted octanol–water partition coefficient (Wildman–Crippen LogP) is 1.49. The van der Waals surface area contributed by atoms with Gasteiger partial charge in [0.2, 0.25) is 5.91 Å². The Labute approximate surface area is 112 Å². The number of carboxylic acid groups (broad SMARTS) is 1. The Hall–Kier alpha value is -2.04. The van der Waals surface area contributed by atoms with Gasteiger partial charge in [-0.2, -0.15) is 0 Å². The molecule has 1 aromatic rings. The molecule has 0 radical (unpaired) electrons. The van der Waals surface area contributed by atoms with Crippen LogP contribution in [0.2, 0.25) is 0 Å². The fraction of sp³-hybridized carbons (Fsp3) is 0.429. The van der Waals surface area contributed by atoms with Crippen LogP contribution in [0, 0.1) is 0 Å². The maximum atomic E-state index is 11.1. The Morgan fingerprint density at radius 3 is 2.58 bits per heavy atom. The fourth-order valence-electron chi connectivity index (χ4n) is 2.43. The minimum atomic E-state index is -0.915. The van der Waals surface area contributed by atoms with E-state index in [-0.39, 0.29) is 11.9 Å². The topological polar surface area (TPSA) is 69.6 Å². The lowest BCUT2D eigenvalue weighted by molar-refractivity contribution is -0.119. The number of rotatable bonds is 3. The highest BCUT2D eigenvalue weighted by Gasteiger charge is 2.20. The molecule has 1 amide bonds. The van der Waals surface area contributed by atoms with Crippen molar-refractivity contribution in [3.63, 3.8) is 0 Å². The average molecular weight is 262 g/mol. The predicted molar refractivity (Wildman–Crippen MR) is 72.5 cm³/mol. The summed E-state index contributed by atoms with van der Waals surface area (Å²) in [5.41, 5.74) is 1.29. The van der Waals surface area contributed by atoms with Gasteiger partial charge in [0.15, 0.2) is 0 Å². The largest absolute Gasteiger partial charge is 0.478 e. The maximum Gasteiger partial charge on any atom is 0.335 e. The lowest BCUT2D eigenvalue weighted by atomic mass is 10.0. The van der Waals surface area contributed by atoms with Crippen LogP contribution in [0.3, 0.4) is 0 Å². The second kappa shape index (κ2) is 5.73. The molecule has 5 nitrogen and oxygen atoms in total. The van der Waals surface area contributed by atoms with E-state index in [1.54, 1.807) is 12.1 Å². The number of carboxylic acids is 1. The summed E-state index contributed by atoms with van der Waals surface area (Å²) < 4.78 is 0. The molecule has 2 N–H and O–H groups in total. The first-order valence-electron chi connectivity index (χ1n) is 6.41. The molecule has 0 aliphatic carbocycles. The van der Waals surface area contributed by atoms with E-state index in [1.165, 1.54) is 6.92 Å². The number of nitrogens with zero attached hydrogens (tertiary/aromatic N) is 1. The van der Waals surface area contributed by atoms with Gasteiger partial charge in [0.25, 0.3) is 0 Å². The molecular formula is C14H18N2O3. The highest BCUT2D eigenvalue weighted by atomic mass is 16.4. The van der Waals surface area contributed by atoms with Crippen LogP contribution >= 0.6 is 0 Å². The van der Waals surface area contributed by atoms with Crippen molar-refractivity contribution in [2.24, 2.45) is 0 Å². The van der Waals surface area contributed by atoms with Gasteiger partial charge in [-0.3, -0.25) is 4.79 Å². The van der Waals surface area contributed by atoms with Gasteiger partial charge in [-0.05, 0) is 37.1 Å². The van der Waals surface area contributed by atoms with Crippen molar-refractivity contribution in [1.29, 1.82) is 0 Å². The van der Waals surface area contributed by atoms with Gasteiger partial charge < -0.3 is 15.3 Å². The van der Waals surface area contributed by atoms with E-state index in [4.69, 9.17) is 5.11 Å². The zero-order valence-corrected chi connectivity index (χ0v) is 10.9. The number of amides is 1. The summed E-state index contributed by atoms with van der Waals surface area (Å²) in [6.45, 7) is 3.23. The first-order chi connectivity index (χ1) is 9.06. The SMILES string of the molecule is CC(=O)NC1CCCN(c2ccc(C(=O)O)cc2)C1. The van der Waals surface area contributed by atoms with Crippen LogP contribution in [0.4, 0.5) is 5.69 Å². The van der Waals surface area contributed by atoms with Gasteiger partial charge in [-0.25, -0.2) is 4.79 Å². The van der Waals surface area contributed by atoms with Crippen molar-refractivity contribution in [3.8, 4) is 0 Å². The summed E-state index contributed by atoms with van der Waals surface area (Å²) in [6, 6.07) is 7.03. The maximum absolute atomic E-state index is 11.1. The van der Waals surface area contributed by atoms with Gasteiger partial charge in [0, 0.05) is 31.7 Å². The number of benzene rings is 1. The fourth-order valence-corrected chi connectivity index (χ4v) is 2.43. The van der Waals surface area contributed by atoms with E-state index >= 15 is 0 Å². The molecule has 1 atom stereocenters. The quantitative estimate of drug-likeness (QED) is 0.866. The molecule has 19 heavy (non-hydrogen) atoms. The smallest absolute Gasteiger partial charge is 0.335 e. The molecule has 1 fully saturated rings. The number of nitrogens with one attached hydrogen (secondary N) is 1. The second-order valence-electron chi connectivity index (χ2n) is 4.84. The molecule has 1 aliphatic heterocycles. The van der Waals surface area contributed by atoms with E-state index in [1.807, 2.05) is 12.1 Å². The Balaban J connectivity index is 2.04. The van der Waals surface area contributed by atoms with Crippen LogP contribution < -0.4 is 10.2 Å². The third-order valence-electron chi connectivity index (χ3n) is 3.31. The van der Waals surface area contributed by atoms with E-state index in [0.717, 1.165) is 31.6 Å². The number of piperidine rings is 1. The van der Waals surface area contributed by atoms with Crippen LogP contribution in [0.1, 0.15) is 30.1 Å². The van der Waals surface area contributed by atoms with E-state index in [0.29, 0.717) is 5.56 Å². The molecule has 2 rings (SSSR count). The van der Waals surface area contributed by atoms with Crippen LogP contribution in [0.15, 0.2) is 24.3 Å². The number of hydrogen-bond donors (Lipinski definition) is 2. The standard InChI is InChI=1S/C14H18N2O3/c1-10(17)15-12-3-2-8-16(9-12)13-6-4-11(5-7-13)14(18)19/h4-7,12H,2-3,8-9H2,1H3,(H,15,17)(H,18,19). The highest BCUT2D eigenvalue weighted by molar-refractivity contribution is 5.88. The molecule has 0 spiro atoms. The van der Waals surface area contributed by atoms with Crippen LogP contribution in [-0.4, -0.2) is 36.1 Å². The first kappa shape index (κ1) is 13.4. The first-order valence-corrected chi connectivity index (χ1v) is 6.41. The molecule has 1 heterocycles. The molecule has 0 bridgehead atoms. The lowest BCUT2D eigenvalue weighted by Crippen LogP contribution is -2.47. The molecule has 1 unspecified atom stereocenters. The minimum Gasteiger partial charge on any atom is -0.478 e. The van der Waals surface area contributed by atoms with Crippen molar-refractivity contribution in [3.05, 3.63) is 29.8 Å². The second-order valence-corrected chi connectivity index (χ2v) is 4.84. The van der Waals surface area contributed by atoms with Crippen molar-refractivity contribution < 1.29 is 14.7 Å². The van der Waals surface area contributed by atoms with Gasteiger partial charge in [0.05, 0.1) is 5.56 Å². The van der Waals surface area contributed by atoms with Gasteiger partial charge >= 0.3 is 5.97 Å². The van der Waals surface area contributed by atoms with Gasteiger partial charge in [-0.15, -0.1) is 0 Å². The molecule has 0 saturated carbocycles. The van der Waals surface area contributed by atoms with Crippen molar-refractivity contribution in [2.75, 3.05) is 18.0 Å². The van der Waals surface area contributed by atoms with Gasteiger partial charge in [-0.1, -0.05) is 0 Å². The zero-order valence-electron chi connectivity index (χ0n) is 10.9.